The Morgan fingerprint density at radius 2 is 1.91 bits per heavy atom. The number of fused-ring (bicyclic) bond motifs is 1. The van der Waals surface area contributed by atoms with Crippen LogP contribution in [0.1, 0.15) is 12.8 Å². The number of carbonyl (C=O) groups is 3. The first-order valence-corrected chi connectivity index (χ1v) is 10.7. The minimum Gasteiger partial charge on any atom is -0.497 e. The van der Waals surface area contributed by atoms with E-state index in [0.717, 1.165) is 16.4 Å². The summed E-state index contributed by atoms with van der Waals surface area (Å²) in [4.78, 5) is 45.9. The van der Waals surface area contributed by atoms with Gasteiger partial charge in [-0.15, -0.1) is 0 Å². The van der Waals surface area contributed by atoms with E-state index in [2.05, 4.69) is 20.5 Å². The zero-order valence-corrected chi connectivity index (χ0v) is 18.2. The number of benzene rings is 1. The molecule has 10 heteroatoms. The highest BCUT2D eigenvalue weighted by molar-refractivity contribution is 6.10. The number of urea groups is 1. The zero-order valence-electron chi connectivity index (χ0n) is 18.2. The van der Waals surface area contributed by atoms with Crippen molar-refractivity contribution in [3.63, 3.8) is 0 Å². The molecule has 1 aromatic carbocycles. The van der Waals surface area contributed by atoms with Gasteiger partial charge in [0.05, 0.1) is 7.11 Å². The summed E-state index contributed by atoms with van der Waals surface area (Å²) < 4.78 is 7.10. The van der Waals surface area contributed by atoms with Crippen LogP contribution in [0.4, 0.5) is 16.4 Å². The SMILES string of the molecule is COc1ccc(NC(=O)CN2C(=O)NC3(CCN(c4nccc5cccn45)CC3)C2=O)cc1. The van der Waals surface area contributed by atoms with Gasteiger partial charge in [0.1, 0.15) is 17.8 Å². The van der Waals surface area contributed by atoms with E-state index < -0.39 is 17.5 Å². The lowest BCUT2D eigenvalue weighted by Crippen LogP contribution is -2.55. The average molecular weight is 448 g/mol. The molecule has 2 fully saturated rings. The van der Waals surface area contributed by atoms with Gasteiger partial charge in [-0.3, -0.25) is 18.9 Å². The van der Waals surface area contributed by atoms with Gasteiger partial charge in [0, 0.05) is 36.7 Å². The Balaban J connectivity index is 1.24. The normalized spacial score (nSPS) is 17.5. The van der Waals surface area contributed by atoms with Crippen LogP contribution in [0.2, 0.25) is 0 Å². The van der Waals surface area contributed by atoms with Crippen LogP contribution in [0.15, 0.2) is 54.9 Å². The molecule has 0 atom stereocenters. The van der Waals surface area contributed by atoms with Gasteiger partial charge < -0.3 is 20.3 Å². The molecule has 0 aliphatic carbocycles. The van der Waals surface area contributed by atoms with Gasteiger partial charge in [0.2, 0.25) is 11.9 Å². The van der Waals surface area contributed by atoms with Gasteiger partial charge in [-0.25, -0.2) is 9.78 Å². The Bertz CT molecular complexity index is 1210. The van der Waals surface area contributed by atoms with Crippen LogP contribution in [-0.4, -0.2) is 64.4 Å². The summed E-state index contributed by atoms with van der Waals surface area (Å²) in [5.74, 6) is 0.671. The van der Waals surface area contributed by atoms with E-state index in [9.17, 15) is 14.4 Å². The van der Waals surface area contributed by atoms with E-state index in [-0.39, 0.29) is 12.5 Å². The van der Waals surface area contributed by atoms with Crippen LogP contribution in [0, 0.1) is 0 Å². The predicted molar refractivity (Wildman–Crippen MR) is 121 cm³/mol. The van der Waals surface area contributed by atoms with E-state index >= 15 is 0 Å². The lowest BCUT2D eigenvalue weighted by molar-refractivity contribution is -0.134. The van der Waals surface area contributed by atoms with E-state index in [1.54, 1.807) is 37.6 Å². The van der Waals surface area contributed by atoms with Crippen LogP contribution < -0.4 is 20.3 Å². The number of hydrogen-bond acceptors (Lipinski definition) is 6. The Labute approximate surface area is 190 Å². The molecule has 10 nitrogen and oxygen atoms in total. The quantitative estimate of drug-likeness (QED) is 0.577. The van der Waals surface area contributed by atoms with Crippen LogP contribution in [0.25, 0.3) is 5.52 Å². The third-order valence-corrected chi connectivity index (χ3v) is 6.25. The first kappa shape index (κ1) is 20.8. The van der Waals surface area contributed by atoms with Crippen molar-refractivity contribution < 1.29 is 19.1 Å². The van der Waals surface area contributed by atoms with Crippen molar-refractivity contribution in [2.75, 3.05) is 37.0 Å². The molecule has 2 saturated heterocycles. The number of nitrogens with zero attached hydrogens (tertiary/aromatic N) is 4. The summed E-state index contributed by atoms with van der Waals surface area (Å²) in [5.41, 5.74) is 0.612. The standard InChI is InChI=1S/C23H24N6O4/c1-33-18-6-4-16(5-7-18)25-19(30)15-29-20(31)23(26-22(29)32)9-13-27(14-10-23)21-24-11-8-17-3-2-12-28(17)21/h2-8,11-12H,9-10,13-15H2,1H3,(H,25,30)(H,26,32). The van der Waals surface area contributed by atoms with Crippen molar-refractivity contribution >= 4 is 35.0 Å². The third kappa shape index (κ3) is 3.73. The summed E-state index contributed by atoms with van der Waals surface area (Å²) in [7, 11) is 1.56. The minimum absolute atomic E-state index is 0.341. The molecule has 1 spiro atoms. The van der Waals surface area contributed by atoms with Crippen molar-refractivity contribution in [1.82, 2.24) is 19.6 Å². The summed E-state index contributed by atoms with van der Waals surface area (Å²) >= 11 is 0. The number of rotatable bonds is 5. The molecule has 0 unspecified atom stereocenters. The number of aromatic nitrogens is 2. The molecule has 33 heavy (non-hydrogen) atoms. The van der Waals surface area contributed by atoms with Crippen LogP contribution in [0.3, 0.4) is 0 Å². The van der Waals surface area contributed by atoms with Crippen molar-refractivity contribution in [3.8, 4) is 5.75 Å². The maximum absolute atomic E-state index is 13.2. The van der Waals surface area contributed by atoms with Crippen LogP contribution in [0.5, 0.6) is 5.75 Å². The molecule has 4 heterocycles. The predicted octanol–water partition coefficient (Wildman–Crippen LogP) is 1.87. The smallest absolute Gasteiger partial charge is 0.325 e. The fourth-order valence-corrected chi connectivity index (χ4v) is 4.45. The highest BCUT2D eigenvalue weighted by atomic mass is 16.5. The van der Waals surface area contributed by atoms with Crippen LogP contribution >= 0.6 is 0 Å². The maximum atomic E-state index is 13.2. The number of anilines is 2. The highest BCUT2D eigenvalue weighted by Crippen LogP contribution is 2.31. The molecule has 0 radical (unpaired) electrons. The molecule has 2 aliphatic rings. The lowest BCUT2D eigenvalue weighted by Gasteiger charge is -2.37. The fourth-order valence-electron chi connectivity index (χ4n) is 4.45. The number of carbonyl (C=O) groups excluding carboxylic acids is 3. The number of amides is 4. The van der Waals surface area contributed by atoms with Crippen molar-refractivity contribution in [2.45, 2.75) is 18.4 Å². The minimum atomic E-state index is -0.988. The first-order valence-electron chi connectivity index (χ1n) is 10.7. The molecule has 5 rings (SSSR count). The second kappa shape index (κ2) is 8.12. The average Bonchev–Trinajstić information content (AvgIpc) is 3.39. The van der Waals surface area contributed by atoms with Crippen LogP contribution in [-0.2, 0) is 9.59 Å². The fraction of sp³-hybridized carbons (Fsp3) is 0.304. The van der Waals surface area contributed by atoms with E-state index in [1.165, 1.54) is 0 Å². The Hall–Kier alpha value is -4.08. The van der Waals surface area contributed by atoms with E-state index in [0.29, 0.717) is 37.4 Å². The van der Waals surface area contributed by atoms with Gasteiger partial charge in [0.25, 0.3) is 5.91 Å². The molecule has 3 aromatic rings. The molecular formula is C23H24N6O4. The second-order valence-corrected chi connectivity index (χ2v) is 8.22. The molecule has 170 valence electrons. The third-order valence-electron chi connectivity index (χ3n) is 6.25. The number of methoxy groups -OCH3 is 1. The monoisotopic (exact) mass is 448 g/mol. The molecule has 0 bridgehead atoms. The number of imide groups is 1. The van der Waals surface area contributed by atoms with E-state index in [1.807, 2.05) is 28.8 Å². The highest BCUT2D eigenvalue weighted by Gasteiger charge is 2.52. The number of hydrogen-bond donors (Lipinski definition) is 2. The lowest BCUT2D eigenvalue weighted by atomic mass is 9.87. The number of ether oxygens (including phenoxy) is 1. The van der Waals surface area contributed by atoms with Gasteiger partial charge >= 0.3 is 6.03 Å². The molecule has 2 aliphatic heterocycles. The summed E-state index contributed by atoms with van der Waals surface area (Å²) in [5, 5.41) is 5.55. The summed E-state index contributed by atoms with van der Waals surface area (Å²) in [6, 6.07) is 12.2. The molecule has 4 amide bonds. The topological polar surface area (TPSA) is 108 Å². The Morgan fingerprint density at radius 1 is 1.15 bits per heavy atom. The second-order valence-electron chi connectivity index (χ2n) is 8.22. The van der Waals surface area contributed by atoms with Crippen molar-refractivity contribution in [3.05, 3.63) is 54.9 Å². The Kier molecular flexibility index (Phi) is 5.12. The molecule has 0 saturated carbocycles. The van der Waals surface area contributed by atoms with Crippen molar-refractivity contribution in [2.24, 2.45) is 0 Å². The number of piperidine rings is 1. The summed E-state index contributed by atoms with van der Waals surface area (Å²) in [6.07, 6.45) is 4.59. The van der Waals surface area contributed by atoms with Gasteiger partial charge in [-0.1, -0.05) is 0 Å². The molecule has 2 N–H and O–H groups in total. The molecule has 2 aromatic heterocycles. The van der Waals surface area contributed by atoms with Gasteiger partial charge in [-0.2, -0.15) is 0 Å². The maximum Gasteiger partial charge on any atom is 0.325 e. The van der Waals surface area contributed by atoms with Gasteiger partial charge in [0.15, 0.2) is 0 Å². The zero-order chi connectivity index (χ0) is 23.0. The first-order chi connectivity index (χ1) is 16.0. The van der Waals surface area contributed by atoms with E-state index in [4.69, 9.17) is 4.74 Å². The summed E-state index contributed by atoms with van der Waals surface area (Å²) in [6.45, 7) is 0.775. The van der Waals surface area contributed by atoms with Gasteiger partial charge in [-0.05, 0) is 55.3 Å². The molecular weight excluding hydrogens is 424 g/mol. The largest absolute Gasteiger partial charge is 0.497 e. The van der Waals surface area contributed by atoms with Crippen molar-refractivity contribution in [1.29, 1.82) is 0 Å². The number of nitrogens with one attached hydrogen (secondary N) is 2. The Morgan fingerprint density at radius 3 is 2.64 bits per heavy atom.